The predicted octanol–water partition coefficient (Wildman–Crippen LogP) is 5.25. The van der Waals surface area contributed by atoms with Crippen LogP contribution in [0.25, 0.3) is 0 Å². The molecule has 0 fully saturated rings. The molecule has 0 aliphatic carbocycles. The number of aryl methyl sites for hydroxylation is 1. The number of methoxy groups -OCH3 is 1. The van der Waals surface area contributed by atoms with Gasteiger partial charge in [0, 0.05) is 21.5 Å². The van der Waals surface area contributed by atoms with Crippen LogP contribution in [0.1, 0.15) is 23.9 Å². The Morgan fingerprint density at radius 1 is 1.32 bits per heavy atom. The van der Waals surface area contributed by atoms with E-state index in [1.165, 1.54) is 0 Å². The maximum atomic E-state index is 6.13. The first-order valence-corrected chi connectivity index (χ1v) is 10.2. The first kappa shape index (κ1) is 20.7. The smallest absolute Gasteiger partial charge is 0.214 e. The summed E-state index contributed by atoms with van der Waals surface area (Å²) in [6.07, 6.45) is 0.748. The molecule has 0 radical (unpaired) electrons. The van der Waals surface area contributed by atoms with E-state index in [-0.39, 0.29) is 0 Å². The molecular weight excluding hydrogens is 464 g/mol. The SMILES string of the molecule is CCc1n[nH]c(=S)n1NCc1c(Br)ccc(OC)c1OCc1cccc(Cl)c1. The zero-order valence-corrected chi connectivity index (χ0v) is 18.6. The number of halogens is 2. The number of aromatic amines is 1. The Bertz CT molecular complexity index is 1020. The Morgan fingerprint density at radius 2 is 2.14 bits per heavy atom. The van der Waals surface area contributed by atoms with Gasteiger partial charge in [0.1, 0.15) is 6.61 Å². The van der Waals surface area contributed by atoms with Crippen LogP contribution in [-0.4, -0.2) is 22.0 Å². The van der Waals surface area contributed by atoms with Gasteiger partial charge in [-0.1, -0.05) is 46.6 Å². The van der Waals surface area contributed by atoms with Crippen LogP contribution >= 0.6 is 39.7 Å². The van der Waals surface area contributed by atoms with Crippen molar-refractivity contribution in [1.29, 1.82) is 0 Å². The van der Waals surface area contributed by atoms with Crippen LogP contribution < -0.4 is 14.9 Å². The molecule has 1 aromatic heterocycles. The molecule has 3 aromatic rings. The van der Waals surface area contributed by atoms with Gasteiger partial charge in [-0.2, -0.15) is 5.10 Å². The number of rotatable bonds is 8. The summed E-state index contributed by atoms with van der Waals surface area (Å²) in [7, 11) is 1.62. The molecule has 0 aliphatic heterocycles. The highest BCUT2D eigenvalue weighted by Crippen LogP contribution is 2.37. The molecule has 0 saturated carbocycles. The van der Waals surface area contributed by atoms with Gasteiger partial charge in [0.05, 0.1) is 13.7 Å². The molecule has 28 heavy (non-hydrogen) atoms. The van der Waals surface area contributed by atoms with E-state index in [1.807, 2.05) is 43.3 Å². The van der Waals surface area contributed by atoms with E-state index >= 15 is 0 Å². The number of H-pyrrole nitrogens is 1. The van der Waals surface area contributed by atoms with Gasteiger partial charge in [-0.05, 0) is 42.0 Å². The van der Waals surface area contributed by atoms with E-state index in [0.717, 1.165) is 27.8 Å². The van der Waals surface area contributed by atoms with Gasteiger partial charge >= 0.3 is 0 Å². The number of hydrogen-bond donors (Lipinski definition) is 2. The number of benzene rings is 2. The van der Waals surface area contributed by atoms with E-state index in [1.54, 1.807) is 11.8 Å². The molecule has 0 amide bonds. The van der Waals surface area contributed by atoms with Crippen molar-refractivity contribution in [2.75, 3.05) is 12.5 Å². The topological polar surface area (TPSA) is 64.1 Å². The summed E-state index contributed by atoms with van der Waals surface area (Å²) >= 11 is 15.0. The Morgan fingerprint density at radius 3 is 2.86 bits per heavy atom. The van der Waals surface area contributed by atoms with E-state index < -0.39 is 0 Å². The van der Waals surface area contributed by atoms with Crippen molar-refractivity contribution in [2.24, 2.45) is 0 Å². The lowest BCUT2D eigenvalue weighted by Crippen LogP contribution is -2.18. The van der Waals surface area contributed by atoms with Crippen molar-refractivity contribution < 1.29 is 9.47 Å². The summed E-state index contributed by atoms with van der Waals surface area (Å²) < 4.78 is 14.8. The average molecular weight is 484 g/mol. The molecule has 0 aliphatic rings. The highest BCUT2D eigenvalue weighted by molar-refractivity contribution is 9.10. The molecule has 3 rings (SSSR count). The number of aromatic nitrogens is 3. The van der Waals surface area contributed by atoms with Crippen LogP contribution in [0.5, 0.6) is 11.5 Å². The van der Waals surface area contributed by atoms with Gasteiger partial charge in [0.2, 0.25) is 4.77 Å². The molecular formula is C19H20BrClN4O2S. The highest BCUT2D eigenvalue weighted by atomic mass is 79.9. The summed E-state index contributed by atoms with van der Waals surface area (Å²) in [4.78, 5) is 0. The van der Waals surface area contributed by atoms with E-state index in [2.05, 4.69) is 31.6 Å². The van der Waals surface area contributed by atoms with Gasteiger partial charge in [-0.3, -0.25) is 5.10 Å². The summed E-state index contributed by atoms with van der Waals surface area (Å²) in [5.74, 6) is 2.12. The molecule has 9 heteroatoms. The fourth-order valence-electron chi connectivity index (χ4n) is 2.74. The minimum atomic E-state index is 0.367. The summed E-state index contributed by atoms with van der Waals surface area (Å²) in [6, 6.07) is 11.4. The normalized spacial score (nSPS) is 10.7. The number of ether oxygens (including phenoxy) is 2. The molecule has 2 aromatic carbocycles. The van der Waals surface area contributed by atoms with Gasteiger partial charge in [0.25, 0.3) is 0 Å². The third-order valence-electron chi connectivity index (χ3n) is 4.13. The largest absolute Gasteiger partial charge is 0.493 e. The summed E-state index contributed by atoms with van der Waals surface area (Å²) in [5.41, 5.74) is 5.18. The lowest BCUT2D eigenvalue weighted by molar-refractivity contribution is 0.281. The van der Waals surface area contributed by atoms with Crippen molar-refractivity contribution in [1.82, 2.24) is 14.9 Å². The van der Waals surface area contributed by atoms with Crippen LogP contribution in [0.4, 0.5) is 0 Å². The standard InChI is InChI=1S/C19H20BrClN4O2S/c1-3-17-23-24-19(28)25(17)22-10-14-15(20)7-8-16(26-2)18(14)27-11-12-5-4-6-13(21)9-12/h4-9,22H,3,10-11H2,1-2H3,(H,24,28). The zero-order valence-electron chi connectivity index (χ0n) is 15.5. The van der Waals surface area contributed by atoms with E-state index in [9.17, 15) is 0 Å². The molecule has 2 N–H and O–H groups in total. The predicted molar refractivity (Wildman–Crippen MR) is 116 cm³/mol. The first-order chi connectivity index (χ1) is 13.5. The van der Waals surface area contributed by atoms with Gasteiger partial charge < -0.3 is 14.9 Å². The third kappa shape index (κ3) is 4.68. The first-order valence-electron chi connectivity index (χ1n) is 8.66. The van der Waals surface area contributed by atoms with Crippen molar-refractivity contribution in [3.63, 3.8) is 0 Å². The monoisotopic (exact) mass is 482 g/mol. The summed E-state index contributed by atoms with van der Waals surface area (Å²) in [6.45, 7) is 2.85. The Labute approximate surface area is 181 Å². The molecule has 148 valence electrons. The van der Waals surface area contributed by atoms with Gasteiger partial charge in [0.15, 0.2) is 17.3 Å². The lowest BCUT2D eigenvalue weighted by Gasteiger charge is -2.18. The van der Waals surface area contributed by atoms with Crippen molar-refractivity contribution in [3.05, 3.63) is 67.6 Å². The molecule has 0 spiro atoms. The average Bonchev–Trinajstić information content (AvgIpc) is 3.05. The van der Waals surface area contributed by atoms with Crippen LogP contribution in [-0.2, 0) is 19.6 Å². The molecule has 6 nitrogen and oxygen atoms in total. The fraction of sp³-hybridized carbons (Fsp3) is 0.263. The number of nitrogens with one attached hydrogen (secondary N) is 2. The molecule has 0 bridgehead atoms. The second-order valence-corrected chi connectivity index (χ2v) is 7.62. The Balaban J connectivity index is 1.87. The van der Waals surface area contributed by atoms with Crippen molar-refractivity contribution in [3.8, 4) is 11.5 Å². The van der Waals surface area contributed by atoms with E-state index in [0.29, 0.717) is 34.4 Å². The lowest BCUT2D eigenvalue weighted by atomic mass is 10.2. The Hall–Kier alpha value is -2.03. The van der Waals surface area contributed by atoms with E-state index in [4.69, 9.17) is 33.3 Å². The van der Waals surface area contributed by atoms with Crippen LogP contribution in [0.15, 0.2) is 40.9 Å². The van der Waals surface area contributed by atoms with Crippen molar-refractivity contribution >= 4 is 39.7 Å². The summed E-state index contributed by atoms with van der Waals surface area (Å²) in [5, 5.41) is 7.69. The van der Waals surface area contributed by atoms with Crippen molar-refractivity contribution in [2.45, 2.75) is 26.5 Å². The third-order valence-corrected chi connectivity index (χ3v) is 5.38. The minimum Gasteiger partial charge on any atom is -0.493 e. The fourth-order valence-corrected chi connectivity index (χ4v) is 3.62. The number of hydrogen-bond acceptors (Lipinski definition) is 5. The molecule has 1 heterocycles. The van der Waals surface area contributed by atoms with Gasteiger partial charge in [-0.15, -0.1) is 0 Å². The van der Waals surface area contributed by atoms with Crippen LogP contribution in [0, 0.1) is 4.77 Å². The highest BCUT2D eigenvalue weighted by Gasteiger charge is 2.16. The van der Waals surface area contributed by atoms with Gasteiger partial charge in [-0.25, -0.2) is 4.68 Å². The molecule has 0 saturated heterocycles. The molecule has 0 unspecified atom stereocenters. The zero-order chi connectivity index (χ0) is 20.1. The quantitative estimate of drug-likeness (QED) is 0.428. The molecule has 0 atom stereocenters. The minimum absolute atomic E-state index is 0.367. The second kappa shape index (κ2) is 9.45. The van der Waals surface area contributed by atoms with Crippen LogP contribution in [0.2, 0.25) is 5.02 Å². The maximum absolute atomic E-state index is 6.13. The van der Waals surface area contributed by atoms with Crippen LogP contribution in [0.3, 0.4) is 0 Å². The second-order valence-electron chi connectivity index (χ2n) is 5.94. The maximum Gasteiger partial charge on any atom is 0.214 e. The Kier molecular flexibility index (Phi) is 6.98. The number of nitrogens with zero attached hydrogens (tertiary/aromatic N) is 2.